The highest BCUT2D eigenvalue weighted by Crippen LogP contribution is 2.27. The van der Waals surface area contributed by atoms with Crippen LogP contribution in [0, 0.1) is 11.8 Å². The Balaban J connectivity index is 2.22. The molecular weight excluding hydrogens is 314 g/mol. The first-order chi connectivity index (χ1) is 11.1. The minimum Gasteiger partial charge on any atom is -0.495 e. The van der Waals surface area contributed by atoms with Crippen molar-refractivity contribution in [3.63, 3.8) is 0 Å². The van der Waals surface area contributed by atoms with Crippen molar-refractivity contribution < 1.29 is 9.84 Å². The van der Waals surface area contributed by atoms with Crippen LogP contribution in [0.2, 0.25) is 5.15 Å². The van der Waals surface area contributed by atoms with Crippen molar-refractivity contribution in [3.8, 4) is 17.6 Å². The fraction of sp³-hybridized carbons (Fsp3) is 0.412. The van der Waals surface area contributed by atoms with E-state index in [1.165, 1.54) is 6.33 Å². The number of halogens is 1. The van der Waals surface area contributed by atoms with E-state index in [9.17, 15) is 5.11 Å². The van der Waals surface area contributed by atoms with Crippen LogP contribution in [0.4, 0.5) is 0 Å². The van der Waals surface area contributed by atoms with E-state index in [1.54, 1.807) is 20.1 Å². The largest absolute Gasteiger partial charge is 0.495 e. The van der Waals surface area contributed by atoms with Crippen molar-refractivity contribution in [1.82, 2.24) is 14.9 Å². The number of hydrogen-bond donors (Lipinski definition) is 1. The highest BCUT2D eigenvalue weighted by atomic mass is 35.5. The lowest BCUT2D eigenvalue weighted by Crippen LogP contribution is -2.33. The van der Waals surface area contributed by atoms with Crippen LogP contribution in [0.25, 0.3) is 10.9 Å². The van der Waals surface area contributed by atoms with Gasteiger partial charge in [0.25, 0.3) is 0 Å². The number of rotatable bonds is 5. The molecule has 1 N–H and O–H groups in total. The number of aliphatic hydroxyl groups excluding tert-OH is 1. The second-order valence-corrected chi connectivity index (χ2v) is 5.40. The van der Waals surface area contributed by atoms with Crippen LogP contribution in [0.3, 0.4) is 0 Å². The lowest BCUT2D eigenvalue weighted by molar-refractivity contribution is 0.0242. The molecule has 2 aromatic rings. The molecule has 122 valence electrons. The quantitative estimate of drug-likeness (QED) is 0.518. The molecule has 6 heteroatoms. The maximum absolute atomic E-state index is 9.59. The average molecular weight is 334 g/mol. The van der Waals surface area contributed by atoms with Gasteiger partial charge in [-0.2, -0.15) is 0 Å². The Morgan fingerprint density at radius 2 is 2.17 bits per heavy atom. The highest BCUT2D eigenvalue weighted by molar-refractivity contribution is 6.34. The molecule has 5 nitrogen and oxygen atoms in total. The second kappa shape index (κ2) is 8.11. The molecule has 0 bridgehead atoms. The summed E-state index contributed by atoms with van der Waals surface area (Å²) < 4.78 is 5.38. The summed E-state index contributed by atoms with van der Waals surface area (Å²) in [4.78, 5) is 10.1. The Hall–Kier alpha value is -1.87. The normalized spacial score (nSPS) is 12.1. The van der Waals surface area contributed by atoms with Gasteiger partial charge >= 0.3 is 0 Å². The van der Waals surface area contributed by atoms with Crippen LogP contribution in [-0.2, 0) is 0 Å². The van der Waals surface area contributed by atoms with E-state index in [1.807, 2.05) is 17.9 Å². The summed E-state index contributed by atoms with van der Waals surface area (Å²) in [6, 6.07) is 3.65. The smallest absolute Gasteiger partial charge is 0.140 e. The van der Waals surface area contributed by atoms with Crippen LogP contribution in [0.15, 0.2) is 18.5 Å². The first kappa shape index (κ1) is 17.5. The van der Waals surface area contributed by atoms with Crippen LogP contribution < -0.4 is 4.74 Å². The number of aromatic nitrogens is 2. The first-order valence-corrected chi connectivity index (χ1v) is 7.83. The Labute approximate surface area is 141 Å². The third-order valence-electron chi connectivity index (χ3n) is 3.59. The molecule has 1 aromatic carbocycles. The summed E-state index contributed by atoms with van der Waals surface area (Å²) in [5, 5.41) is 10.7. The fourth-order valence-electron chi connectivity index (χ4n) is 2.28. The van der Waals surface area contributed by atoms with E-state index in [4.69, 9.17) is 16.3 Å². The number of aliphatic hydroxyl groups is 1. The Kier molecular flexibility index (Phi) is 6.17. The zero-order chi connectivity index (χ0) is 16.8. The van der Waals surface area contributed by atoms with Gasteiger partial charge in [0.05, 0.1) is 18.2 Å². The van der Waals surface area contributed by atoms with Crippen molar-refractivity contribution >= 4 is 22.5 Å². The fourth-order valence-corrected chi connectivity index (χ4v) is 2.48. The monoisotopic (exact) mass is 333 g/mol. The summed E-state index contributed by atoms with van der Waals surface area (Å²) in [6.45, 7) is 5.27. The van der Waals surface area contributed by atoms with Gasteiger partial charge in [-0.15, -0.1) is 0 Å². The van der Waals surface area contributed by atoms with Gasteiger partial charge < -0.3 is 9.84 Å². The van der Waals surface area contributed by atoms with E-state index in [0.717, 1.165) is 23.0 Å². The van der Waals surface area contributed by atoms with Gasteiger partial charge in [0.15, 0.2) is 0 Å². The molecule has 0 aliphatic carbocycles. The van der Waals surface area contributed by atoms with Crippen LogP contribution in [0.5, 0.6) is 5.75 Å². The molecule has 0 saturated heterocycles. The molecule has 0 fully saturated rings. The van der Waals surface area contributed by atoms with Gasteiger partial charge in [0.1, 0.15) is 23.5 Å². The molecular formula is C17H20ClN3O2. The lowest BCUT2D eigenvalue weighted by Gasteiger charge is -2.21. The lowest BCUT2D eigenvalue weighted by atomic mass is 10.1. The van der Waals surface area contributed by atoms with Crippen LogP contribution in [-0.4, -0.2) is 46.4 Å². The van der Waals surface area contributed by atoms with Crippen molar-refractivity contribution in [2.75, 3.05) is 20.2 Å². The average Bonchev–Trinajstić information content (AvgIpc) is 2.54. The first-order valence-electron chi connectivity index (χ1n) is 7.46. The van der Waals surface area contributed by atoms with Gasteiger partial charge in [0, 0.05) is 18.4 Å². The summed E-state index contributed by atoms with van der Waals surface area (Å²) in [5.41, 5.74) is 1.49. The second-order valence-electron chi connectivity index (χ2n) is 5.05. The number of methoxy groups -OCH3 is 1. The molecule has 0 aliphatic rings. The van der Waals surface area contributed by atoms with Crippen LogP contribution in [0.1, 0.15) is 25.8 Å². The number of nitrogens with zero attached hydrogens (tertiary/aromatic N) is 3. The molecule has 0 aliphatic heterocycles. The highest BCUT2D eigenvalue weighted by Gasteiger charge is 2.08. The van der Waals surface area contributed by atoms with E-state index >= 15 is 0 Å². The summed E-state index contributed by atoms with van der Waals surface area (Å²) in [7, 11) is 1.59. The van der Waals surface area contributed by atoms with Crippen molar-refractivity contribution in [2.24, 2.45) is 0 Å². The summed E-state index contributed by atoms with van der Waals surface area (Å²) in [5.74, 6) is 6.87. The molecule has 0 amide bonds. The van der Waals surface area contributed by atoms with E-state index in [0.29, 0.717) is 23.9 Å². The maximum atomic E-state index is 9.59. The topological polar surface area (TPSA) is 58.5 Å². The molecule has 1 aromatic heterocycles. The number of benzene rings is 1. The number of ether oxygens (including phenoxy) is 1. The van der Waals surface area contributed by atoms with Crippen molar-refractivity contribution in [1.29, 1.82) is 0 Å². The third kappa shape index (κ3) is 4.32. The van der Waals surface area contributed by atoms with E-state index < -0.39 is 6.23 Å². The van der Waals surface area contributed by atoms with Crippen molar-refractivity contribution in [2.45, 2.75) is 26.5 Å². The molecule has 1 atom stereocenters. The van der Waals surface area contributed by atoms with E-state index in [-0.39, 0.29) is 0 Å². The zero-order valence-corrected chi connectivity index (χ0v) is 14.3. The molecule has 0 spiro atoms. The Morgan fingerprint density at radius 1 is 1.39 bits per heavy atom. The predicted octanol–water partition coefficient (Wildman–Crippen LogP) is 2.69. The summed E-state index contributed by atoms with van der Waals surface area (Å²) in [6.07, 6.45) is 1.62. The third-order valence-corrected chi connectivity index (χ3v) is 3.89. The number of fused-ring (bicyclic) bond motifs is 1. The van der Waals surface area contributed by atoms with Gasteiger partial charge in [-0.3, -0.25) is 4.90 Å². The van der Waals surface area contributed by atoms with Gasteiger partial charge in [-0.25, -0.2) is 9.97 Å². The molecule has 1 heterocycles. The van der Waals surface area contributed by atoms with Crippen molar-refractivity contribution in [3.05, 3.63) is 29.2 Å². The van der Waals surface area contributed by atoms with Gasteiger partial charge in [-0.05, 0) is 25.6 Å². The Bertz CT molecular complexity index is 738. The minimum atomic E-state index is -0.462. The van der Waals surface area contributed by atoms with E-state index in [2.05, 4.69) is 21.8 Å². The Morgan fingerprint density at radius 3 is 2.83 bits per heavy atom. The number of hydrogen-bond acceptors (Lipinski definition) is 5. The maximum Gasteiger partial charge on any atom is 0.140 e. The predicted molar refractivity (Wildman–Crippen MR) is 91.5 cm³/mol. The standard InChI is InChI=1S/C17H20ClN3O2/c1-4-21(12(2)22)8-6-5-7-13-9-15-14(10-16(13)23-3)17(18)20-11-19-15/h9-12,22H,4,6,8H2,1-3H3. The molecule has 23 heavy (non-hydrogen) atoms. The molecule has 2 rings (SSSR count). The van der Waals surface area contributed by atoms with Gasteiger partial charge in [0.2, 0.25) is 0 Å². The van der Waals surface area contributed by atoms with Crippen LogP contribution >= 0.6 is 11.6 Å². The van der Waals surface area contributed by atoms with Gasteiger partial charge in [-0.1, -0.05) is 30.4 Å². The zero-order valence-electron chi connectivity index (χ0n) is 13.5. The molecule has 0 radical (unpaired) electrons. The SMILES string of the molecule is CCN(CCC#Cc1cc2ncnc(Cl)c2cc1OC)C(C)O. The molecule has 1 unspecified atom stereocenters. The summed E-state index contributed by atoms with van der Waals surface area (Å²) >= 11 is 6.07. The minimum absolute atomic E-state index is 0.392. The molecule has 0 saturated carbocycles.